The summed E-state index contributed by atoms with van der Waals surface area (Å²) in [6.07, 6.45) is 3.69. The fourth-order valence-corrected chi connectivity index (χ4v) is 6.00. The van der Waals surface area contributed by atoms with Crippen LogP contribution in [0.3, 0.4) is 0 Å². The van der Waals surface area contributed by atoms with Gasteiger partial charge in [0.2, 0.25) is 0 Å². The third-order valence-electron chi connectivity index (χ3n) is 8.06. The van der Waals surface area contributed by atoms with Gasteiger partial charge in [0.05, 0.1) is 22.7 Å². The van der Waals surface area contributed by atoms with E-state index in [1.54, 1.807) is 10.9 Å². The van der Waals surface area contributed by atoms with Crippen LogP contribution in [0.2, 0.25) is 0 Å². The number of benzene rings is 5. The van der Waals surface area contributed by atoms with Crippen molar-refractivity contribution < 1.29 is 34.6 Å². The van der Waals surface area contributed by atoms with Crippen molar-refractivity contribution in [1.82, 2.24) is 14.8 Å². The van der Waals surface area contributed by atoms with Crippen molar-refractivity contribution in [2.45, 2.75) is 0 Å². The van der Waals surface area contributed by atoms with E-state index in [4.69, 9.17) is 18.6 Å². The second-order valence-corrected chi connectivity index (χ2v) is 11.0. The van der Waals surface area contributed by atoms with Gasteiger partial charge in [0, 0.05) is 36.2 Å². The molecule has 0 aliphatic rings. The summed E-state index contributed by atoms with van der Waals surface area (Å²) >= 11 is 0. The molecule has 9 rings (SSSR count). The Morgan fingerprint density at radius 2 is 1.45 bits per heavy atom. The van der Waals surface area contributed by atoms with E-state index in [9.17, 15) is 0 Å². The number of aryl methyl sites for hydroxylation is 1. The fraction of sp³-hybridized carbons (Fsp3) is 0.0256. The number of furan rings is 2. The Bertz CT molecular complexity index is 2500. The Morgan fingerprint density at radius 1 is 0.702 bits per heavy atom. The summed E-state index contributed by atoms with van der Waals surface area (Å²) in [7, 11) is 1.89. The molecule has 8 heteroatoms. The van der Waals surface area contributed by atoms with E-state index >= 15 is 0 Å². The molecule has 0 radical (unpaired) electrons. The van der Waals surface area contributed by atoms with Crippen LogP contribution in [-0.2, 0) is 28.1 Å². The average Bonchev–Trinajstić information content (AvgIpc) is 3.81. The number of nitrogens with zero attached hydrogens (tertiary/aromatic N) is 4. The van der Waals surface area contributed by atoms with Crippen LogP contribution < -0.4 is 9.64 Å². The molecule has 7 nitrogen and oxygen atoms in total. The van der Waals surface area contributed by atoms with Crippen LogP contribution in [0.5, 0.6) is 11.5 Å². The maximum atomic E-state index is 6.89. The van der Waals surface area contributed by atoms with Crippen LogP contribution in [0.25, 0.3) is 55.1 Å². The molecule has 0 fully saturated rings. The van der Waals surface area contributed by atoms with Crippen molar-refractivity contribution in [2.24, 2.45) is 7.05 Å². The van der Waals surface area contributed by atoms with Crippen molar-refractivity contribution in [3.8, 4) is 22.8 Å². The molecule has 0 saturated heterocycles. The maximum Gasteiger partial charge on any atom is 2.00 e. The van der Waals surface area contributed by atoms with Gasteiger partial charge in [-0.15, -0.1) is 17.7 Å². The molecule has 0 saturated carbocycles. The predicted molar refractivity (Wildman–Crippen MR) is 180 cm³/mol. The second kappa shape index (κ2) is 11.6. The largest absolute Gasteiger partial charge is 2.00 e. The van der Waals surface area contributed by atoms with Gasteiger partial charge in [0.15, 0.2) is 0 Å². The molecule has 47 heavy (non-hydrogen) atoms. The molecular weight excluding hydrogens is 768 g/mol. The molecule has 0 aliphatic carbocycles. The minimum Gasteiger partial charge on any atom is -0.512 e. The molecule has 4 aromatic heterocycles. The molecule has 9 aromatic rings. The van der Waals surface area contributed by atoms with Gasteiger partial charge >= 0.3 is 21.1 Å². The maximum absolute atomic E-state index is 6.89. The molecular formula is C39H24N4O3Pt. The third-order valence-corrected chi connectivity index (χ3v) is 8.06. The third kappa shape index (κ3) is 4.96. The van der Waals surface area contributed by atoms with Gasteiger partial charge in [0.1, 0.15) is 17.0 Å². The van der Waals surface area contributed by atoms with E-state index in [-0.39, 0.29) is 21.1 Å². The first-order valence-corrected chi connectivity index (χ1v) is 14.9. The summed E-state index contributed by atoms with van der Waals surface area (Å²) in [5, 5.41) is 8.22. The van der Waals surface area contributed by atoms with Gasteiger partial charge in [-0.05, 0) is 47.2 Å². The summed E-state index contributed by atoms with van der Waals surface area (Å²) in [6.45, 7) is 0. The molecule has 0 amide bonds. The van der Waals surface area contributed by atoms with Gasteiger partial charge in [-0.3, -0.25) is 4.68 Å². The standard InChI is InChI=1S/C39H24N4O3.Pt/c1-42-20-18-31(41-42)25-21-34-38(29-14-6-8-16-33(29)44-34)35(22-25)45-36-24-27(23-30-28-13-5-7-15-32(28)46-39(30)36)43(26-11-3-2-4-12-26)37-17-9-10-19-40-37;/h2-21,23H,1H3;/q-2;+2. The second-order valence-electron chi connectivity index (χ2n) is 11.0. The summed E-state index contributed by atoms with van der Waals surface area (Å²) in [5.74, 6) is 1.65. The first-order valence-electron chi connectivity index (χ1n) is 14.9. The minimum atomic E-state index is 0. The molecule has 228 valence electrons. The molecule has 0 N–H and O–H groups in total. The number of fused-ring (bicyclic) bond motifs is 6. The van der Waals surface area contributed by atoms with Crippen molar-refractivity contribution >= 4 is 61.1 Å². The Kier molecular flexibility index (Phi) is 7.11. The first kappa shape index (κ1) is 28.8. The Balaban J connectivity index is 0.00000324. The number of pyridine rings is 1. The smallest absolute Gasteiger partial charge is 0.512 e. The Morgan fingerprint density at radius 3 is 2.21 bits per heavy atom. The number of ether oxygens (including phenoxy) is 1. The van der Waals surface area contributed by atoms with Crippen LogP contribution in [-0.4, -0.2) is 14.8 Å². The summed E-state index contributed by atoms with van der Waals surface area (Å²) in [5.41, 5.74) is 5.94. The Labute approximate surface area is 283 Å². The van der Waals surface area contributed by atoms with Crippen molar-refractivity contribution in [2.75, 3.05) is 4.90 Å². The van der Waals surface area contributed by atoms with Crippen LogP contribution in [0.1, 0.15) is 0 Å². The molecule has 0 aliphatic heterocycles. The summed E-state index contributed by atoms with van der Waals surface area (Å²) < 4.78 is 21.4. The number of para-hydroxylation sites is 3. The van der Waals surface area contributed by atoms with E-state index in [0.717, 1.165) is 61.2 Å². The number of hydrogen-bond donors (Lipinski definition) is 0. The zero-order chi connectivity index (χ0) is 30.6. The van der Waals surface area contributed by atoms with Crippen LogP contribution >= 0.6 is 0 Å². The molecule has 5 aromatic carbocycles. The number of rotatable bonds is 6. The number of anilines is 3. The van der Waals surface area contributed by atoms with E-state index in [2.05, 4.69) is 34.3 Å². The quantitative estimate of drug-likeness (QED) is 0.156. The molecule has 4 heterocycles. The summed E-state index contributed by atoms with van der Waals surface area (Å²) in [4.78, 5) is 6.77. The van der Waals surface area contributed by atoms with Crippen molar-refractivity contribution in [3.05, 3.63) is 140 Å². The Hall–Kier alpha value is -5.65. The minimum absolute atomic E-state index is 0. The van der Waals surface area contributed by atoms with Crippen LogP contribution in [0, 0.1) is 12.1 Å². The van der Waals surface area contributed by atoms with E-state index in [0.29, 0.717) is 22.7 Å². The van der Waals surface area contributed by atoms with Crippen molar-refractivity contribution in [3.63, 3.8) is 0 Å². The first-order chi connectivity index (χ1) is 22.7. The molecule has 0 atom stereocenters. The van der Waals surface area contributed by atoms with Crippen LogP contribution in [0.15, 0.2) is 136 Å². The van der Waals surface area contributed by atoms with E-state index in [1.165, 1.54) is 0 Å². The molecule has 0 bridgehead atoms. The van der Waals surface area contributed by atoms with Gasteiger partial charge in [-0.2, -0.15) is 0 Å². The normalized spacial score (nSPS) is 11.3. The van der Waals surface area contributed by atoms with Gasteiger partial charge < -0.3 is 18.5 Å². The SMILES string of the molecule is Cn1ccc(-c2[c-]c(Oc3[c-]c(N(c4ccccc4)c4ccccn4)cc4c3oc3ccccc34)c3c(c2)oc2ccccc23)n1.[Pt+2]. The van der Waals surface area contributed by atoms with Gasteiger partial charge in [0.25, 0.3) is 0 Å². The van der Waals surface area contributed by atoms with E-state index in [1.807, 2.05) is 116 Å². The van der Waals surface area contributed by atoms with Crippen LogP contribution in [0.4, 0.5) is 17.2 Å². The summed E-state index contributed by atoms with van der Waals surface area (Å²) in [6, 6.07) is 44.9. The monoisotopic (exact) mass is 791 g/mol. The average molecular weight is 792 g/mol. The topological polar surface area (TPSA) is 69.5 Å². The molecule has 0 unspecified atom stereocenters. The zero-order valence-corrected chi connectivity index (χ0v) is 27.2. The predicted octanol–water partition coefficient (Wildman–Crippen LogP) is 10.1. The fourth-order valence-electron chi connectivity index (χ4n) is 6.00. The molecule has 0 spiro atoms. The number of hydrogen-bond acceptors (Lipinski definition) is 6. The van der Waals surface area contributed by atoms with E-state index < -0.39 is 0 Å². The van der Waals surface area contributed by atoms with Crippen molar-refractivity contribution in [1.29, 1.82) is 0 Å². The zero-order valence-electron chi connectivity index (χ0n) is 25.0. The van der Waals surface area contributed by atoms with Gasteiger partial charge in [-0.1, -0.05) is 89.9 Å². The van der Waals surface area contributed by atoms with Gasteiger partial charge in [-0.25, -0.2) is 10.1 Å². The number of aromatic nitrogens is 3.